The summed E-state index contributed by atoms with van der Waals surface area (Å²) in [5.41, 5.74) is 1.40. The van der Waals surface area contributed by atoms with Crippen molar-refractivity contribution in [3.05, 3.63) is 59.0 Å². The molecule has 0 unspecified atom stereocenters. The third kappa shape index (κ3) is 5.12. The lowest BCUT2D eigenvalue weighted by atomic mass is 10.1. The quantitative estimate of drug-likeness (QED) is 0.422. The third-order valence-corrected chi connectivity index (χ3v) is 5.58. The number of carbonyl (C=O) groups excluding carboxylic acids is 1. The lowest BCUT2D eigenvalue weighted by Gasteiger charge is -2.18. The molecule has 1 aliphatic carbocycles. The molecular formula is C24H24ClN3O5. The Kier molecular flexibility index (Phi) is 6.84. The Morgan fingerprint density at radius 2 is 1.82 bits per heavy atom. The van der Waals surface area contributed by atoms with Crippen molar-refractivity contribution in [2.45, 2.75) is 25.4 Å². The Labute approximate surface area is 196 Å². The largest absolute Gasteiger partial charge is 0.493 e. The highest BCUT2D eigenvalue weighted by Gasteiger charge is 2.33. The second-order valence-corrected chi connectivity index (χ2v) is 7.88. The molecule has 2 aromatic carbocycles. The number of nitrogens with zero attached hydrogens (tertiary/aromatic N) is 3. The SMILES string of the molecule is COc1cc(/C=C/C(=O)N(Cc2nnc(-c3ccccc3Cl)o2)C2CC2)cc(OC)c1OC. The Morgan fingerprint density at radius 1 is 1.12 bits per heavy atom. The van der Waals surface area contributed by atoms with Crippen molar-refractivity contribution in [3.8, 4) is 28.7 Å². The van der Waals surface area contributed by atoms with Crippen LogP contribution in [-0.4, -0.2) is 48.4 Å². The number of amides is 1. The lowest BCUT2D eigenvalue weighted by molar-refractivity contribution is -0.127. The predicted molar refractivity (Wildman–Crippen MR) is 123 cm³/mol. The van der Waals surface area contributed by atoms with Gasteiger partial charge >= 0.3 is 0 Å². The van der Waals surface area contributed by atoms with E-state index in [4.69, 9.17) is 30.2 Å². The van der Waals surface area contributed by atoms with Gasteiger partial charge in [-0.1, -0.05) is 23.7 Å². The number of ether oxygens (including phenoxy) is 3. The first kappa shape index (κ1) is 22.7. The van der Waals surface area contributed by atoms with Crippen LogP contribution in [0, 0.1) is 0 Å². The molecule has 1 saturated carbocycles. The van der Waals surface area contributed by atoms with E-state index in [0.717, 1.165) is 18.4 Å². The van der Waals surface area contributed by atoms with Gasteiger partial charge < -0.3 is 23.5 Å². The van der Waals surface area contributed by atoms with Gasteiger partial charge in [-0.15, -0.1) is 10.2 Å². The standard InChI is InChI=1S/C24H24ClN3O5/c1-30-19-12-15(13-20(31-2)23(19)32-3)8-11-22(29)28(16-9-10-16)14-21-26-27-24(33-21)17-6-4-5-7-18(17)25/h4-8,11-13,16H,9-10,14H2,1-3H3/b11-8+. The van der Waals surface area contributed by atoms with Gasteiger partial charge in [-0.25, -0.2) is 0 Å². The summed E-state index contributed by atoms with van der Waals surface area (Å²) in [7, 11) is 4.64. The van der Waals surface area contributed by atoms with E-state index >= 15 is 0 Å². The first-order chi connectivity index (χ1) is 16.0. The maximum absolute atomic E-state index is 13.0. The topological polar surface area (TPSA) is 86.9 Å². The number of rotatable bonds is 9. The van der Waals surface area contributed by atoms with Crippen molar-refractivity contribution >= 4 is 23.6 Å². The van der Waals surface area contributed by atoms with Crippen LogP contribution >= 0.6 is 11.6 Å². The van der Waals surface area contributed by atoms with Crippen LogP contribution in [0.4, 0.5) is 0 Å². The highest BCUT2D eigenvalue weighted by atomic mass is 35.5. The minimum absolute atomic E-state index is 0.149. The monoisotopic (exact) mass is 469 g/mol. The molecule has 33 heavy (non-hydrogen) atoms. The molecule has 4 rings (SSSR count). The smallest absolute Gasteiger partial charge is 0.249 e. The number of methoxy groups -OCH3 is 3. The van der Waals surface area contributed by atoms with Gasteiger partial charge in [-0.2, -0.15) is 0 Å². The minimum Gasteiger partial charge on any atom is -0.493 e. The highest BCUT2D eigenvalue weighted by Crippen LogP contribution is 2.38. The van der Waals surface area contributed by atoms with Crippen LogP contribution in [0.5, 0.6) is 17.2 Å². The summed E-state index contributed by atoms with van der Waals surface area (Å²) in [6.07, 6.45) is 5.11. The number of hydrogen-bond donors (Lipinski definition) is 0. The molecular weight excluding hydrogens is 446 g/mol. The Bertz CT molecular complexity index is 1150. The van der Waals surface area contributed by atoms with Crippen LogP contribution in [-0.2, 0) is 11.3 Å². The molecule has 1 fully saturated rings. The van der Waals surface area contributed by atoms with Crippen molar-refractivity contribution in [1.29, 1.82) is 0 Å². The Hall–Kier alpha value is -3.52. The molecule has 0 aliphatic heterocycles. The minimum atomic E-state index is -0.149. The van der Waals surface area contributed by atoms with Crippen LogP contribution in [0.2, 0.25) is 5.02 Å². The second kappa shape index (κ2) is 9.95. The van der Waals surface area contributed by atoms with Crippen LogP contribution in [0.15, 0.2) is 46.9 Å². The maximum atomic E-state index is 13.0. The number of hydrogen-bond acceptors (Lipinski definition) is 7. The molecule has 1 aliphatic rings. The molecule has 0 spiro atoms. The van der Waals surface area contributed by atoms with Gasteiger partial charge in [0.2, 0.25) is 23.4 Å². The molecule has 0 radical (unpaired) electrons. The van der Waals surface area contributed by atoms with E-state index in [2.05, 4.69) is 10.2 Å². The van der Waals surface area contributed by atoms with Crippen molar-refractivity contribution in [1.82, 2.24) is 15.1 Å². The average molecular weight is 470 g/mol. The summed E-state index contributed by atoms with van der Waals surface area (Å²) in [4.78, 5) is 14.7. The van der Waals surface area contributed by atoms with Crippen molar-refractivity contribution in [2.24, 2.45) is 0 Å². The first-order valence-corrected chi connectivity index (χ1v) is 10.8. The molecule has 1 amide bonds. The van der Waals surface area contributed by atoms with Gasteiger partial charge in [0, 0.05) is 12.1 Å². The highest BCUT2D eigenvalue weighted by molar-refractivity contribution is 6.33. The summed E-state index contributed by atoms with van der Waals surface area (Å²) in [6.45, 7) is 0.223. The van der Waals surface area contributed by atoms with Crippen LogP contribution < -0.4 is 14.2 Å². The zero-order valence-electron chi connectivity index (χ0n) is 18.6. The fourth-order valence-electron chi connectivity index (χ4n) is 3.44. The Balaban J connectivity index is 1.51. The molecule has 3 aromatic rings. The average Bonchev–Trinajstić information content (AvgIpc) is 3.58. The zero-order valence-corrected chi connectivity index (χ0v) is 19.3. The number of aromatic nitrogens is 2. The summed E-state index contributed by atoms with van der Waals surface area (Å²) >= 11 is 6.22. The molecule has 1 aromatic heterocycles. The fraction of sp³-hybridized carbons (Fsp3) is 0.292. The van der Waals surface area contributed by atoms with Crippen LogP contribution in [0.3, 0.4) is 0 Å². The molecule has 0 bridgehead atoms. The summed E-state index contributed by atoms with van der Waals surface area (Å²) in [5.74, 6) is 2.05. The second-order valence-electron chi connectivity index (χ2n) is 7.47. The van der Waals surface area contributed by atoms with E-state index < -0.39 is 0 Å². The first-order valence-electron chi connectivity index (χ1n) is 10.4. The molecule has 0 atom stereocenters. The van der Waals surface area contributed by atoms with E-state index in [9.17, 15) is 4.79 Å². The summed E-state index contributed by atoms with van der Waals surface area (Å²) in [6, 6.07) is 11.0. The normalized spacial score (nSPS) is 13.2. The van der Waals surface area contributed by atoms with Crippen molar-refractivity contribution in [2.75, 3.05) is 21.3 Å². The Morgan fingerprint density at radius 3 is 2.42 bits per heavy atom. The van der Waals surface area contributed by atoms with Gasteiger partial charge in [-0.05, 0) is 48.7 Å². The van der Waals surface area contributed by atoms with Crippen molar-refractivity contribution in [3.63, 3.8) is 0 Å². The summed E-state index contributed by atoms with van der Waals surface area (Å²) < 4.78 is 21.9. The maximum Gasteiger partial charge on any atom is 0.249 e. The van der Waals surface area contributed by atoms with Crippen molar-refractivity contribution < 1.29 is 23.4 Å². The lowest BCUT2D eigenvalue weighted by Crippen LogP contribution is -2.31. The van der Waals surface area contributed by atoms with E-state index in [1.165, 1.54) is 6.08 Å². The zero-order chi connectivity index (χ0) is 23.4. The number of carbonyl (C=O) groups is 1. The van der Waals surface area contributed by atoms with Gasteiger partial charge in [0.15, 0.2) is 11.5 Å². The van der Waals surface area contributed by atoms with E-state index in [0.29, 0.717) is 39.6 Å². The van der Waals surface area contributed by atoms with E-state index in [1.54, 1.807) is 50.5 Å². The van der Waals surface area contributed by atoms with Gasteiger partial charge in [-0.3, -0.25) is 4.79 Å². The fourth-order valence-corrected chi connectivity index (χ4v) is 3.66. The van der Waals surface area contributed by atoms with Gasteiger partial charge in [0.05, 0.1) is 38.5 Å². The molecule has 1 heterocycles. The van der Waals surface area contributed by atoms with Gasteiger partial charge in [0.25, 0.3) is 0 Å². The van der Waals surface area contributed by atoms with Gasteiger partial charge in [0.1, 0.15) is 0 Å². The predicted octanol–water partition coefficient (Wildman–Crippen LogP) is 4.62. The van der Waals surface area contributed by atoms with Crippen LogP contribution in [0.25, 0.3) is 17.5 Å². The molecule has 9 heteroatoms. The third-order valence-electron chi connectivity index (χ3n) is 5.25. The molecule has 8 nitrogen and oxygen atoms in total. The number of benzene rings is 2. The molecule has 0 N–H and O–H groups in total. The van der Waals surface area contributed by atoms with Crippen LogP contribution in [0.1, 0.15) is 24.3 Å². The molecule has 0 saturated heterocycles. The van der Waals surface area contributed by atoms with E-state index in [-0.39, 0.29) is 18.5 Å². The summed E-state index contributed by atoms with van der Waals surface area (Å²) in [5, 5.41) is 8.72. The molecule has 172 valence electrons. The van der Waals surface area contributed by atoms with E-state index in [1.807, 2.05) is 18.2 Å². The number of halogens is 1.